The van der Waals surface area contributed by atoms with E-state index in [0.29, 0.717) is 6.42 Å². The third-order valence-corrected chi connectivity index (χ3v) is 3.17. The van der Waals surface area contributed by atoms with Crippen LogP contribution in [0.4, 0.5) is 0 Å². The highest BCUT2D eigenvalue weighted by Crippen LogP contribution is 2.41. The van der Waals surface area contributed by atoms with Gasteiger partial charge in [0.25, 0.3) is 0 Å². The first-order valence-corrected chi connectivity index (χ1v) is 5.21. The molecule has 1 N–H and O–H groups in total. The number of hydrogen-bond donors (Lipinski definition) is 1. The molecule has 76 valence electrons. The summed E-state index contributed by atoms with van der Waals surface area (Å²) in [6, 6.07) is 1.90. The molecule has 0 spiro atoms. The Hall–Kier alpha value is -0.740. The molecule has 2 rings (SSSR count). The molecule has 1 aromatic carbocycles. The van der Waals surface area contributed by atoms with E-state index < -0.39 is 0 Å². The highest BCUT2D eigenvalue weighted by atomic mass is 79.9. The summed E-state index contributed by atoms with van der Waals surface area (Å²) in [5.74, 6) is 1.53. The molecule has 4 heteroatoms. The molecule has 0 radical (unpaired) electrons. The summed E-state index contributed by atoms with van der Waals surface area (Å²) in [7, 11) is 0. The second-order valence-electron chi connectivity index (χ2n) is 3.17. The van der Waals surface area contributed by atoms with Crippen LogP contribution in [0.2, 0.25) is 0 Å². The van der Waals surface area contributed by atoms with Gasteiger partial charge in [-0.2, -0.15) is 0 Å². The third kappa shape index (κ3) is 1.48. The maximum atomic E-state index is 8.95. The molecule has 1 aliphatic heterocycles. The van der Waals surface area contributed by atoms with Crippen molar-refractivity contribution in [2.75, 3.05) is 13.4 Å². The number of fused-ring (bicyclic) bond motifs is 1. The van der Waals surface area contributed by atoms with Crippen LogP contribution in [0.1, 0.15) is 11.1 Å². The van der Waals surface area contributed by atoms with Gasteiger partial charge in [-0.1, -0.05) is 15.9 Å². The van der Waals surface area contributed by atoms with Crippen molar-refractivity contribution < 1.29 is 14.6 Å². The van der Waals surface area contributed by atoms with E-state index in [1.54, 1.807) is 0 Å². The van der Waals surface area contributed by atoms with Crippen molar-refractivity contribution in [3.8, 4) is 11.5 Å². The molecule has 1 heterocycles. The van der Waals surface area contributed by atoms with Crippen LogP contribution in [-0.2, 0) is 6.42 Å². The molecule has 0 aliphatic carbocycles. The van der Waals surface area contributed by atoms with Gasteiger partial charge in [0.1, 0.15) is 0 Å². The highest BCUT2D eigenvalue weighted by Gasteiger charge is 2.21. The smallest absolute Gasteiger partial charge is 0.231 e. The standard InChI is InChI=1S/C10H11BrO3/c1-6-7(2-3-12)10-9(4-8(6)11)13-5-14-10/h4,12H,2-3,5H2,1H3. The summed E-state index contributed by atoms with van der Waals surface area (Å²) >= 11 is 3.45. The van der Waals surface area contributed by atoms with Crippen LogP contribution in [0.3, 0.4) is 0 Å². The summed E-state index contributed by atoms with van der Waals surface area (Å²) in [5, 5.41) is 8.95. The lowest BCUT2D eigenvalue weighted by molar-refractivity contribution is 0.172. The van der Waals surface area contributed by atoms with Crippen molar-refractivity contribution in [3.63, 3.8) is 0 Å². The van der Waals surface area contributed by atoms with E-state index in [2.05, 4.69) is 15.9 Å². The number of benzene rings is 1. The predicted molar refractivity (Wildman–Crippen MR) is 55.8 cm³/mol. The number of aliphatic hydroxyl groups is 1. The van der Waals surface area contributed by atoms with Gasteiger partial charge in [-0.25, -0.2) is 0 Å². The number of rotatable bonds is 2. The van der Waals surface area contributed by atoms with Crippen LogP contribution < -0.4 is 9.47 Å². The van der Waals surface area contributed by atoms with Gasteiger partial charge < -0.3 is 14.6 Å². The topological polar surface area (TPSA) is 38.7 Å². The summed E-state index contributed by atoms with van der Waals surface area (Å²) in [5.41, 5.74) is 2.12. The second-order valence-corrected chi connectivity index (χ2v) is 4.02. The molecule has 0 amide bonds. The van der Waals surface area contributed by atoms with Gasteiger partial charge >= 0.3 is 0 Å². The Labute approximate surface area is 90.8 Å². The predicted octanol–water partition coefficient (Wildman–Crippen LogP) is 2.02. The Morgan fingerprint density at radius 3 is 3.00 bits per heavy atom. The van der Waals surface area contributed by atoms with Gasteiger partial charge in [0.05, 0.1) is 0 Å². The van der Waals surface area contributed by atoms with E-state index >= 15 is 0 Å². The third-order valence-electron chi connectivity index (χ3n) is 2.35. The summed E-state index contributed by atoms with van der Waals surface area (Å²) in [6.45, 7) is 2.38. The minimum absolute atomic E-state index is 0.118. The highest BCUT2D eigenvalue weighted by molar-refractivity contribution is 9.10. The Kier molecular flexibility index (Phi) is 2.65. The van der Waals surface area contributed by atoms with Crippen molar-refractivity contribution in [1.82, 2.24) is 0 Å². The van der Waals surface area contributed by atoms with Crippen molar-refractivity contribution in [2.45, 2.75) is 13.3 Å². The van der Waals surface area contributed by atoms with Crippen LogP contribution in [0.25, 0.3) is 0 Å². The molecule has 0 saturated carbocycles. The Bertz CT molecular complexity index is 363. The SMILES string of the molecule is Cc1c(Br)cc2c(c1CCO)OCO2. The molecule has 14 heavy (non-hydrogen) atoms. The molecular formula is C10H11BrO3. The number of halogens is 1. The first kappa shape index (κ1) is 9.80. The maximum absolute atomic E-state index is 8.95. The number of hydrogen-bond acceptors (Lipinski definition) is 3. The molecule has 3 nitrogen and oxygen atoms in total. The van der Waals surface area contributed by atoms with Crippen molar-refractivity contribution in [2.24, 2.45) is 0 Å². The first-order valence-electron chi connectivity index (χ1n) is 4.42. The zero-order valence-corrected chi connectivity index (χ0v) is 9.43. The minimum Gasteiger partial charge on any atom is -0.454 e. The second kappa shape index (κ2) is 3.79. The monoisotopic (exact) mass is 258 g/mol. The molecule has 0 unspecified atom stereocenters. The average molecular weight is 259 g/mol. The molecule has 0 atom stereocenters. The Morgan fingerprint density at radius 1 is 1.50 bits per heavy atom. The van der Waals surface area contributed by atoms with Crippen molar-refractivity contribution in [3.05, 3.63) is 21.7 Å². The fourth-order valence-electron chi connectivity index (χ4n) is 1.58. The quantitative estimate of drug-likeness (QED) is 0.883. The van der Waals surface area contributed by atoms with Crippen LogP contribution in [0.15, 0.2) is 10.5 Å². The van der Waals surface area contributed by atoms with Gasteiger partial charge in [0.15, 0.2) is 11.5 Å². The summed E-state index contributed by atoms with van der Waals surface area (Å²) < 4.78 is 11.6. The van der Waals surface area contributed by atoms with Crippen LogP contribution in [0.5, 0.6) is 11.5 Å². The van der Waals surface area contributed by atoms with E-state index in [0.717, 1.165) is 27.1 Å². The fourth-order valence-corrected chi connectivity index (χ4v) is 2.03. The molecule has 0 saturated heterocycles. The zero-order valence-electron chi connectivity index (χ0n) is 7.84. The van der Waals surface area contributed by atoms with Gasteiger partial charge in [0, 0.05) is 16.6 Å². The van der Waals surface area contributed by atoms with E-state index in [1.165, 1.54) is 0 Å². The molecule has 1 aromatic rings. The van der Waals surface area contributed by atoms with E-state index in [-0.39, 0.29) is 13.4 Å². The maximum Gasteiger partial charge on any atom is 0.231 e. The van der Waals surface area contributed by atoms with Gasteiger partial charge in [0.2, 0.25) is 6.79 Å². The van der Waals surface area contributed by atoms with Gasteiger partial charge in [-0.05, 0) is 25.0 Å². The average Bonchev–Trinajstić information content (AvgIpc) is 2.60. The van der Waals surface area contributed by atoms with Crippen molar-refractivity contribution >= 4 is 15.9 Å². The fraction of sp³-hybridized carbons (Fsp3) is 0.400. The van der Waals surface area contributed by atoms with Crippen LogP contribution in [0, 0.1) is 6.92 Å². The number of ether oxygens (including phenoxy) is 2. The zero-order chi connectivity index (χ0) is 10.1. The summed E-state index contributed by atoms with van der Waals surface area (Å²) in [4.78, 5) is 0. The van der Waals surface area contributed by atoms with Crippen molar-refractivity contribution in [1.29, 1.82) is 0 Å². The largest absolute Gasteiger partial charge is 0.454 e. The molecule has 0 aromatic heterocycles. The normalized spacial score (nSPS) is 13.4. The Morgan fingerprint density at radius 2 is 2.29 bits per heavy atom. The minimum atomic E-state index is 0.118. The molecule has 1 aliphatic rings. The lowest BCUT2D eigenvalue weighted by atomic mass is 10.0. The first-order chi connectivity index (χ1) is 6.74. The van der Waals surface area contributed by atoms with E-state index in [9.17, 15) is 0 Å². The molecule has 0 fully saturated rings. The van der Waals surface area contributed by atoms with Crippen LogP contribution >= 0.6 is 15.9 Å². The van der Waals surface area contributed by atoms with Gasteiger partial charge in [-0.15, -0.1) is 0 Å². The van der Waals surface area contributed by atoms with E-state index in [4.69, 9.17) is 14.6 Å². The lowest BCUT2D eigenvalue weighted by Gasteiger charge is -2.09. The van der Waals surface area contributed by atoms with Crippen LogP contribution in [-0.4, -0.2) is 18.5 Å². The molecular weight excluding hydrogens is 248 g/mol. The number of aliphatic hydroxyl groups excluding tert-OH is 1. The molecule has 0 bridgehead atoms. The van der Waals surface area contributed by atoms with Gasteiger partial charge in [-0.3, -0.25) is 0 Å². The lowest BCUT2D eigenvalue weighted by Crippen LogP contribution is -1.98. The summed E-state index contributed by atoms with van der Waals surface area (Å²) in [6.07, 6.45) is 0.594. The Balaban J connectivity index is 2.54. The van der Waals surface area contributed by atoms with E-state index in [1.807, 2.05) is 13.0 Å².